The van der Waals surface area contributed by atoms with E-state index in [-0.39, 0.29) is 17.2 Å². The fourth-order valence-corrected chi connectivity index (χ4v) is 4.16. The summed E-state index contributed by atoms with van der Waals surface area (Å²) < 4.78 is 4.67. The monoisotopic (exact) mass is 418 g/mol. The van der Waals surface area contributed by atoms with Crippen molar-refractivity contribution in [2.45, 2.75) is 25.4 Å². The Bertz CT molecular complexity index is 1370. The van der Waals surface area contributed by atoms with Crippen molar-refractivity contribution in [3.8, 4) is 11.3 Å². The third-order valence-corrected chi connectivity index (χ3v) is 5.81. The number of pyridine rings is 1. The van der Waals surface area contributed by atoms with Gasteiger partial charge in [0.15, 0.2) is 5.65 Å². The van der Waals surface area contributed by atoms with Gasteiger partial charge in [-0.3, -0.25) is 23.8 Å². The summed E-state index contributed by atoms with van der Waals surface area (Å²) in [7, 11) is 3.50. The van der Waals surface area contributed by atoms with Crippen LogP contribution in [0.25, 0.3) is 22.3 Å². The van der Waals surface area contributed by atoms with Crippen molar-refractivity contribution in [3.05, 3.63) is 63.6 Å². The third kappa shape index (κ3) is 3.29. The number of aryl methyl sites for hydroxylation is 1. The summed E-state index contributed by atoms with van der Waals surface area (Å²) in [6.45, 7) is 1.17. The molecular weight excluding hydrogens is 396 g/mol. The van der Waals surface area contributed by atoms with Crippen LogP contribution >= 0.6 is 0 Å². The minimum Gasteiger partial charge on any atom is -0.337 e. The zero-order valence-corrected chi connectivity index (χ0v) is 17.3. The van der Waals surface area contributed by atoms with Crippen LogP contribution in [0.1, 0.15) is 12.8 Å². The van der Waals surface area contributed by atoms with Gasteiger partial charge in [-0.2, -0.15) is 15.2 Å². The summed E-state index contributed by atoms with van der Waals surface area (Å²) in [6.07, 6.45) is 6.78. The van der Waals surface area contributed by atoms with Crippen LogP contribution < -0.4 is 16.0 Å². The first kappa shape index (κ1) is 19.2. The lowest BCUT2D eigenvalue weighted by atomic mass is 10.2. The van der Waals surface area contributed by atoms with Crippen LogP contribution in [0.5, 0.6) is 0 Å². The summed E-state index contributed by atoms with van der Waals surface area (Å²) in [4.78, 5) is 36.2. The van der Waals surface area contributed by atoms with Gasteiger partial charge in [0.05, 0.1) is 24.5 Å². The molecule has 0 amide bonds. The highest BCUT2D eigenvalue weighted by atomic mass is 16.1. The topological polar surface area (TPSA) is 104 Å². The molecule has 10 nitrogen and oxygen atoms in total. The summed E-state index contributed by atoms with van der Waals surface area (Å²) in [5.74, 6) is 0.585. The van der Waals surface area contributed by atoms with Gasteiger partial charge in [-0.1, -0.05) is 0 Å². The van der Waals surface area contributed by atoms with E-state index >= 15 is 0 Å². The molecule has 0 saturated carbocycles. The number of nitrogens with zero attached hydrogens (tertiary/aromatic N) is 8. The normalized spacial score (nSPS) is 16.3. The van der Waals surface area contributed by atoms with Crippen LogP contribution in [0.4, 0.5) is 5.95 Å². The lowest BCUT2D eigenvalue weighted by Gasteiger charge is -2.27. The molecule has 1 atom stereocenters. The fourth-order valence-electron chi connectivity index (χ4n) is 4.16. The van der Waals surface area contributed by atoms with Crippen molar-refractivity contribution in [2.75, 3.05) is 11.4 Å². The van der Waals surface area contributed by atoms with E-state index in [0.29, 0.717) is 29.2 Å². The molecule has 0 N–H and O–H groups in total. The fraction of sp³-hybridized carbons (Fsp3) is 0.333. The smallest absolute Gasteiger partial charge is 0.266 e. The van der Waals surface area contributed by atoms with Gasteiger partial charge >= 0.3 is 0 Å². The Morgan fingerprint density at radius 3 is 2.71 bits per heavy atom. The zero-order valence-electron chi connectivity index (χ0n) is 17.3. The summed E-state index contributed by atoms with van der Waals surface area (Å²) in [5, 5.41) is 9.23. The number of hydrogen-bond acceptors (Lipinski definition) is 7. The molecule has 1 aliphatic heterocycles. The highest BCUT2D eigenvalue weighted by Crippen LogP contribution is 2.25. The Labute approximate surface area is 177 Å². The molecule has 4 aromatic rings. The lowest BCUT2D eigenvalue weighted by Crippen LogP contribution is -2.40. The van der Waals surface area contributed by atoms with Crippen LogP contribution in [0.15, 0.2) is 52.4 Å². The second kappa shape index (κ2) is 7.46. The van der Waals surface area contributed by atoms with E-state index < -0.39 is 0 Å². The van der Waals surface area contributed by atoms with Crippen LogP contribution in [0.2, 0.25) is 0 Å². The molecule has 1 saturated heterocycles. The largest absolute Gasteiger partial charge is 0.337 e. The summed E-state index contributed by atoms with van der Waals surface area (Å²) in [5.41, 5.74) is 1.88. The zero-order chi connectivity index (χ0) is 21.5. The van der Waals surface area contributed by atoms with Crippen LogP contribution in [0, 0.1) is 0 Å². The van der Waals surface area contributed by atoms with Crippen molar-refractivity contribution < 1.29 is 0 Å². The molecule has 0 radical (unpaired) electrons. The van der Waals surface area contributed by atoms with Gasteiger partial charge < -0.3 is 4.90 Å². The Kier molecular flexibility index (Phi) is 4.61. The van der Waals surface area contributed by atoms with Gasteiger partial charge in [0, 0.05) is 44.7 Å². The maximum absolute atomic E-state index is 12.8. The first-order valence-corrected chi connectivity index (χ1v) is 10.2. The van der Waals surface area contributed by atoms with Gasteiger partial charge in [-0.25, -0.2) is 4.68 Å². The summed E-state index contributed by atoms with van der Waals surface area (Å²) in [6, 6.07) is 6.99. The lowest BCUT2D eigenvalue weighted by molar-refractivity contribution is 0.483. The first-order chi connectivity index (χ1) is 15.0. The van der Waals surface area contributed by atoms with Gasteiger partial charge in [0.25, 0.3) is 11.1 Å². The number of fused-ring (bicyclic) bond motifs is 1. The molecule has 1 aliphatic rings. The highest BCUT2D eigenvalue weighted by molar-refractivity contribution is 5.74. The van der Waals surface area contributed by atoms with Crippen LogP contribution in [0.3, 0.4) is 0 Å². The van der Waals surface area contributed by atoms with E-state index in [1.54, 1.807) is 48.0 Å². The van der Waals surface area contributed by atoms with Crippen molar-refractivity contribution in [1.82, 2.24) is 34.1 Å². The molecule has 1 fully saturated rings. The average Bonchev–Trinajstić information content (AvgIpc) is 3.39. The number of rotatable bonds is 4. The quantitative estimate of drug-likeness (QED) is 0.486. The van der Waals surface area contributed by atoms with Gasteiger partial charge in [-0.15, -0.1) is 0 Å². The van der Waals surface area contributed by atoms with Gasteiger partial charge in [0.1, 0.15) is 5.39 Å². The maximum Gasteiger partial charge on any atom is 0.266 e. The van der Waals surface area contributed by atoms with Crippen molar-refractivity contribution in [1.29, 1.82) is 0 Å². The molecular formula is C21H22N8O2. The van der Waals surface area contributed by atoms with E-state index in [2.05, 4.69) is 20.1 Å². The van der Waals surface area contributed by atoms with E-state index in [1.807, 2.05) is 12.1 Å². The predicted molar refractivity (Wildman–Crippen MR) is 116 cm³/mol. The molecule has 5 heterocycles. The molecule has 0 aliphatic carbocycles. The Morgan fingerprint density at radius 1 is 1.10 bits per heavy atom. The molecule has 0 spiro atoms. The average molecular weight is 418 g/mol. The van der Waals surface area contributed by atoms with E-state index in [1.165, 1.54) is 10.7 Å². The number of hydrogen-bond donors (Lipinski definition) is 0. The summed E-state index contributed by atoms with van der Waals surface area (Å²) >= 11 is 0. The SMILES string of the molecule is Cn1c(N2CCCC2Cn2nc(-c3ccncc3)ccc2=O)nc2c(cnn2C)c1=O. The molecule has 0 aromatic carbocycles. The molecule has 0 bridgehead atoms. The molecule has 158 valence electrons. The van der Waals surface area contributed by atoms with E-state index in [4.69, 9.17) is 4.98 Å². The maximum atomic E-state index is 12.8. The minimum atomic E-state index is -0.159. The molecule has 10 heteroatoms. The van der Waals surface area contributed by atoms with Crippen molar-refractivity contribution >= 4 is 17.0 Å². The third-order valence-electron chi connectivity index (χ3n) is 5.81. The van der Waals surface area contributed by atoms with Gasteiger partial charge in [0.2, 0.25) is 5.95 Å². The predicted octanol–water partition coefficient (Wildman–Crippen LogP) is 0.955. The molecule has 5 rings (SSSR count). The van der Waals surface area contributed by atoms with E-state index in [9.17, 15) is 9.59 Å². The van der Waals surface area contributed by atoms with Crippen molar-refractivity contribution in [3.63, 3.8) is 0 Å². The molecule has 1 unspecified atom stereocenters. The van der Waals surface area contributed by atoms with Crippen LogP contribution in [-0.2, 0) is 20.6 Å². The van der Waals surface area contributed by atoms with E-state index in [0.717, 1.165) is 24.9 Å². The molecule has 4 aromatic heterocycles. The Morgan fingerprint density at radius 2 is 1.90 bits per heavy atom. The number of aromatic nitrogens is 7. The first-order valence-electron chi connectivity index (χ1n) is 10.2. The van der Waals surface area contributed by atoms with Gasteiger partial charge in [-0.05, 0) is 31.0 Å². The second-order valence-electron chi connectivity index (χ2n) is 7.75. The van der Waals surface area contributed by atoms with Crippen molar-refractivity contribution in [2.24, 2.45) is 14.1 Å². The second-order valence-corrected chi connectivity index (χ2v) is 7.75. The molecule has 31 heavy (non-hydrogen) atoms. The Balaban J connectivity index is 1.51. The van der Waals surface area contributed by atoms with Crippen LogP contribution in [-0.4, -0.2) is 46.7 Å². The minimum absolute atomic E-state index is 0.00154. The Hall–Kier alpha value is -3.82. The standard InChI is InChI=1S/C21H22N8O2/c1-26-20(31)16-12-23-27(2)19(16)24-21(26)28-11-3-4-15(28)13-29-18(30)6-5-17(25-29)14-7-9-22-10-8-14/h5-10,12,15H,3-4,11,13H2,1-2H3. The highest BCUT2D eigenvalue weighted by Gasteiger charge is 2.29. The number of anilines is 1.